The average Bonchev–Trinajstić information content (AvgIpc) is 2.53. The van der Waals surface area contributed by atoms with Crippen molar-refractivity contribution in [1.82, 2.24) is 10.2 Å². The first-order valence-electron chi connectivity index (χ1n) is 8.37. The van der Waals surface area contributed by atoms with Crippen LogP contribution in [-0.2, 0) is 9.53 Å². The molecule has 1 atom stereocenters. The molecule has 2 fully saturated rings. The summed E-state index contributed by atoms with van der Waals surface area (Å²) in [6.07, 6.45) is 4.01. The second-order valence-corrected chi connectivity index (χ2v) is 6.87. The van der Waals surface area contributed by atoms with Crippen LogP contribution in [-0.4, -0.2) is 56.2 Å². The molecule has 0 aromatic carbocycles. The Kier molecular flexibility index (Phi) is 10.7. The highest BCUT2D eigenvalue weighted by atomic mass is 35.5. The maximum atomic E-state index is 12.5. The predicted molar refractivity (Wildman–Crippen MR) is 98.5 cm³/mol. The van der Waals surface area contributed by atoms with Gasteiger partial charge < -0.3 is 15.8 Å². The smallest absolute Gasteiger partial charge is 0.227 e. The number of halogens is 2. The third kappa shape index (κ3) is 6.05. The lowest BCUT2D eigenvalue weighted by molar-refractivity contribution is -0.136. The van der Waals surface area contributed by atoms with Crippen molar-refractivity contribution in [3.63, 3.8) is 0 Å². The van der Waals surface area contributed by atoms with Crippen LogP contribution in [0.2, 0.25) is 0 Å². The van der Waals surface area contributed by atoms with E-state index < -0.39 is 5.41 Å². The predicted octanol–water partition coefficient (Wildman–Crippen LogP) is 1.82. The van der Waals surface area contributed by atoms with E-state index in [1.807, 2.05) is 0 Å². The number of carbonyl (C=O) groups excluding carboxylic acids is 1. The van der Waals surface area contributed by atoms with Gasteiger partial charge in [0.1, 0.15) is 0 Å². The number of hydrogen-bond acceptors (Lipinski definition) is 4. The van der Waals surface area contributed by atoms with Crippen LogP contribution in [0.15, 0.2) is 0 Å². The topological polar surface area (TPSA) is 67.6 Å². The molecule has 2 heterocycles. The maximum absolute atomic E-state index is 12.5. The normalized spacial score (nSPS) is 23.3. The molecule has 1 amide bonds. The first kappa shape index (κ1) is 22.9. The van der Waals surface area contributed by atoms with E-state index in [4.69, 9.17) is 10.5 Å². The molecule has 3 N–H and O–H groups in total. The summed E-state index contributed by atoms with van der Waals surface area (Å²) in [5, 5.41) is 3.14. The van der Waals surface area contributed by atoms with E-state index in [9.17, 15) is 4.79 Å². The van der Waals surface area contributed by atoms with Crippen molar-refractivity contribution in [2.75, 3.05) is 39.4 Å². The fourth-order valence-electron chi connectivity index (χ4n) is 3.31. The molecule has 2 aliphatic rings. The molecule has 0 aromatic rings. The number of amides is 1. The van der Waals surface area contributed by atoms with Crippen LogP contribution in [0.5, 0.6) is 0 Å². The average molecular weight is 370 g/mol. The molecule has 1 unspecified atom stereocenters. The summed E-state index contributed by atoms with van der Waals surface area (Å²) < 4.78 is 5.36. The zero-order valence-corrected chi connectivity index (χ0v) is 16.0. The molecule has 0 spiro atoms. The molecule has 2 aliphatic heterocycles. The molecular weight excluding hydrogens is 337 g/mol. The van der Waals surface area contributed by atoms with E-state index in [-0.39, 0.29) is 30.7 Å². The van der Waals surface area contributed by atoms with Gasteiger partial charge in [-0.1, -0.05) is 6.92 Å². The minimum atomic E-state index is -0.408. The number of hydrogen-bond donors (Lipinski definition) is 2. The van der Waals surface area contributed by atoms with Gasteiger partial charge in [0.15, 0.2) is 0 Å². The van der Waals surface area contributed by atoms with Crippen molar-refractivity contribution in [3.8, 4) is 0 Å². The molecular formula is C16H33Cl2N3O2. The van der Waals surface area contributed by atoms with Crippen LogP contribution < -0.4 is 11.1 Å². The number of nitrogens with zero attached hydrogens (tertiary/aromatic N) is 1. The zero-order chi connectivity index (χ0) is 15.3. The Morgan fingerprint density at radius 2 is 1.87 bits per heavy atom. The number of nitrogens with two attached hydrogens (primary N) is 1. The Balaban J connectivity index is 0.00000242. The van der Waals surface area contributed by atoms with E-state index in [1.54, 1.807) is 0 Å². The van der Waals surface area contributed by atoms with Crippen LogP contribution in [0.1, 0.15) is 39.5 Å². The number of piperidine rings is 1. The van der Waals surface area contributed by atoms with Crippen molar-refractivity contribution in [1.29, 1.82) is 0 Å². The Hall–Kier alpha value is -0.0700. The minimum Gasteiger partial charge on any atom is -0.381 e. The van der Waals surface area contributed by atoms with Crippen molar-refractivity contribution >= 4 is 30.7 Å². The molecule has 7 heteroatoms. The van der Waals surface area contributed by atoms with Gasteiger partial charge in [-0.25, -0.2) is 0 Å². The summed E-state index contributed by atoms with van der Waals surface area (Å²) in [6.45, 7) is 9.24. The van der Waals surface area contributed by atoms with Gasteiger partial charge in [0.2, 0.25) is 5.91 Å². The summed E-state index contributed by atoms with van der Waals surface area (Å²) in [5.74, 6) is 0.955. The summed E-state index contributed by atoms with van der Waals surface area (Å²) in [4.78, 5) is 15.0. The largest absolute Gasteiger partial charge is 0.381 e. The van der Waals surface area contributed by atoms with Crippen molar-refractivity contribution in [2.24, 2.45) is 17.1 Å². The molecule has 0 bridgehead atoms. The van der Waals surface area contributed by atoms with E-state index in [1.165, 1.54) is 12.8 Å². The van der Waals surface area contributed by atoms with Crippen LogP contribution in [0.4, 0.5) is 0 Å². The quantitative estimate of drug-likeness (QED) is 0.775. The van der Waals surface area contributed by atoms with Gasteiger partial charge >= 0.3 is 0 Å². The molecule has 0 aromatic heterocycles. The van der Waals surface area contributed by atoms with Crippen molar-refractivity contribution < 1.29 is 9.53 Å². The van der Waals surface area contributed by atoms with Gasteiger partial charge in [-0.15, -0.1) is 24.8 Å². The summed E-state index contributed by atoms with van der Waals surface area (Å²) in [6, 6.07) is 0.399. The molecule has 2 rings (SSSR count). The highest BCUT2D eigenvalue weighted by Gasteiger charge is 2.38. The second-order valence-electron chi connectivity index (χ2n) is 6.87. The first-order chi connectivity index (χ1) is 10.1. The Bertz CT molecular complexity index is 344. The fourth-order valence-corrected chi connectivity index (χ4v) is 3.31. The number of nitrogens with one attached hydrogen (secondary N) is 1. The third-order valence-electron chi connectivity index (χ3n) is 5.32. The number of rotatable bonds is 5. The second kappa shape index (κ2) is 10.7. The molecule has 0 radical (unpaired) electrons. The van der Waals surface area contributed by atoms with Gasteiger partial charge in [-0.3, -0.25) is 9.69 Å². The van der Waals surface area contributed by atoms with Gasteiger partial charge in [-0.2, -0.15) is 0 Å². The standard InChI is InChI=1S/C16H31N3O2.2ClH/c1-13-3-7-19(8-4-13)14(2)11-18-15(20)16(12-17)5-9-21-10-6-16;;/h13-14H,3-12,17H2,1-2H3,(H,18,20);2*1H. The monoisotopic (exact) mass is 369 g/mol. The highest BCUT2D eigenvalue weighted by Crippen LogP contribution is 2.29. The van der Waals surface area contributed by atoms with Crippen molar-refractivity contribution in [3.05, 3.63) is 0 Å². The Morgan fingerprint density at radius 3 is 2.39 bits per heavy atom. The number of ether oxygens (including phenoxy) is 1. The van der Waals surface area contributed by atoms with E-state index in [0.29, 0.717) is 25.8 Å². The lowest BCUT2D eigenvalue weighted by atomic mass is 9.79. The number of carbonyl (C=O) groups is 1. The van der Waals surface area contributed by atoms with Crippen LogP contribution >= 0.6 is 24.8 Å². The molecule has 23 heavy (non-hydrogen) atoms. The SMILES string of the molecule is CC1CCN(C(C)CNC(=O)C2(CN)CCOCC2)CC1.Cl.Cl. The van der Waals surface area contributed by atoms with Gasteiger partial charge in [0.25, 0.3) is 0 Å². The number of likely N-dealkylation sites (tertiary alicyclic amines) is 1. The van der Waals surface area contributed by atoms with E-state index in [2.05, 4.69) is 24.1 Å². The summed E-state index contributed by atoms with van der Waals surface area (Å²) in [7, 11) is 0. The Labute approximate surface area is 152 Å². The van der Waals surface area contributed by atoms with Crippen LogP contribution in [0.3, 0.4) is 0 Å². The summed E-state index contributed by atoms with van der Waals surface area (Å²) >= 11 is 0. The molecule has 2 saturated heterocycles. The Morgan fingerprint density at radius 1 is 1.30 bits per heavy atom. The lowest BCUT2D eigenvalue weighted by Gasteiger charge is -2.37. The lowest BCUT2D eigenvalue weighted by Crippen LogP contribution is -2.52. The molecule has 138 valence electrons. The molecule has 0 saturated carbocycles. The molecule has 0 aliphatic carbocycles. The van der Waals surface area contributed by atoms with Gasteiger partial charge in [-0.05, 0) is 51.6 Å². The molecule has 5 nitrogen and oxygen atoms in total. The van der Waals surface area contributed by atoms with Crippen LogP contribution in [0, 0.1) is 11.3 Å². The maximum Gasteiger partial charge on any atom is 0.227 e. The summed E-state index contributed by atoms with van der Waals surface area (Å²) in [5.41, 5.74) is 5.47. The highest BCUT2D eigenvalue weighted by molar-refractivity contribution is 5.85. The third-order valence-corrected chi connectivity index (χ3v) is 5.32. The van der Waals surface area contributed by atoms with Crippen molar-refractivity contribution in [2.45, 2.75) is 45.6 Å². The van der Waals surface area contributed by atoms with Gasteiger partial charge in [0.05, 0.1) is 5.41 Å². The van der Waals surface area contributed by atoms with E-state index >= 15 is 0 Å². The van der Waals surface area contributed by atoms with E-state index in [0.717, 1.165) is 38.4 Å². The fraction of sp³-hybridized carbons (Fsp3) is 0.938. The van der Waals surface area contributed by atoms with Crippen LogP contribution in [0.25, 0.3) is 0 Å². The minimum absolute atomic E-state index is 0. The zero-order valence-electron chi connectivity index (χ0n) is 14.4. The first-order valence-corrected chi connectivity index (χ1v) is 8.37. The van der Waals surface area contributed by atoms with Gasteiger partial charge in [0, 0.05) is 32.3 Å².